The van der Waals surface area contributed by atoms with Crippen LogP contribution in [0.5, 0.6) is 17.2 Å². The number of aromatic hydroxyl groups is 2. The summed E-state index contributed by atoms with van der Waals surface area (Å²) >= 11 is 0. The summed E-state index contributed by atoms with van der Waals surface area (Å²) in [5.74, 6) is 0.822. The van der Waals surface area contributed by atoms with Gasteiger partial charge in [0.25, 0.3) is 0 Å². The van der Waals surface area contributed by atoms with Crippen LogP contribution >= 0.6 is 0 Å². The Morgan fingerprint density at radius 3 is 2.21 bits per heavy atom. The SMILES string of the molecule is CN(C)CCOc1cccc(C(=O)c2c(-c3ccc(O)cc3)noc2-c2ccc(O)cc2)c1. The largest absolute Gasteiger partial charge is 0.508 e. The van der Waals surface area contributed by atoms with Crippen molar-refractivity contribution in [3.8, 4) is 39.8 Å². The molecule has 1 aromatic heterocycles. The number of likely N-dealkylation sites (N-methyl/N-ethyl adjacent to an activating group) is 1. The summed E-state index contributed by atoms with van der Waals surface area (Å²) in [6, 6.07) is 19.8. The molecular weight excluding hydrogens is 420 g/mol. The lowest BCUT2D eigenvalue weighted by Crippen LogP contribution is -2.19. The van der Waals surface area contributed by atoms with E-state index in [9.17, 15) is 15.0 Å². The third-order valence-corrected chi connectivity index (χ3v) is 5.09. The second-order valence-electron chi connectivity index (χ2n) is 7.84. The molecule has 0 amide bonds. The van der Waals surface area contributed by atoms with Crippen LogP contribution in [-0.4, -0.2) is 53.3 Å². The normalized spacial score (nSPS) is 11.0. The Hall–Kier alpha value is -4.10. The quantitative estimate of drug-likeness (QED) is 0.384. The second kappa shape index (κ2) is 9.58. The Balaban J connectivity index is 1.76. The number of carbonyl (C=O) groups excluding carboxylic acids is 1. The van der Waals surface area contributed by atoms with Gasteiger partial charge in [0.2, 0.25) is 0 Å². The molecular formula is C26H24N2O5. The van der Waals surface area contributed by atoms with Gasteiger partial charge in [0.05, 0.1) is 5.56 Å². The maximum absolute atomic E-state index is 13.7. The van der Waals surface area contributed by atoms with Gasteiger partial charge in [-0.1, -0.05) is 17.3 Å². The predicted octanol–water partition coefficient (Wildman–Crippen LogP) is 4.59. The molecule has 3 aromatic carbocycles. The molecule has 168 valence electrons. The van der Waals surface area contributed by atoms with E-state index in [2.05, 4.69) is 5.16 Å². The predicted molar refractivity (Wildman–Crippen MR) is 125 cm³/mol. The average molecular weight is 444 g/mol. The third-order valence-electron chi connectivity index (χ3n) is 5.09. The Morgan fingerprint density at radius 2 is 1.58 bits per heavy atom. The van der Waals surface area contributed by atoms with E-state index in [4.69, 9.17) is 9.26 Å². The van der Waals surface area contributed by atoms with Crippen molar-refractivity contribution in [3.63, 3.8) is 0 Å². The van der Waals surface area contributed by atoms with E-state index in [0.717, 1.165) is 6.54 Å². The van der Waals surface area contributed by atoms with Gasteiger partial charge in [-0.05, 0) is 74.8 Å². The molecule has 0 bridgehead atoms. The van der Waals surface area contributed by atoms with E-state index in [1.165, 1.54) is 24.3 Å². The molecule has 33 heavy (non-hydrogen) atoms. The number of carbonyl (C=O) groups is 1. The van der Waals surface area contributed by atoms with Crippen LogP contribution in [0.4, 0.5) is 0 Å². The summed E-state index contributed by atoms with van der Waals surface area (Å²) < 4.78 is 11.4. The lowest BCUT2D eigenvalue weighted by Gasteiger charge is -2.12. The first-order valence-corrected chi connectivity index (χ1v) is 10.4. The first-order chi connectivity index (χ1) is 15.9. The van der Waals surface area contributed by atoms with Crippen molar-refractivity contribution in [1.29, 1.82) is 0 Å². The number of aromatic nitrogens is 1. The minimum atomic E-state index is -0.277. The number of rotatable bonds is 8. The minimum absolute atomic E-state index is 0.104. The van der Waals surface area contributed by atoms with Crippen LogP contribution in [0, 0.1) is 0 Å². The highest BCUT2D eigenvalue weighted by Crippen LogP contribution is 2.35. The molecule has 0 spiro atoms. The first kappa shape index (κ1) is 22.1. The van der Waals surface area contributed by atoms with E-state index in [0.29, 0.717) is 40.5 Å². The van der Waals surface area contributed by atoms with Gasteiger partial charge >= 0.3 is 0 Å². The van der Waals surface area contributed by atoms with E-state index in [-0.39, 0.29) is 22.8 Å². The fourth-order valence-electron chi connectivity index (χ4n) is 3.34. The summed E-state index contributed by atoms with van der Waals surface area (Å²) in [5.41, 5.74) is 2.31. The zero-order valence-corrected chi connectivity index (χ0v) is 18.4. The fraction of sp³-hybridized carbons (Fsp3) is 0.154. The Labute approximate surface area is 191 Å². The van der Waals surface area contributed by atoms with Gasteiger partial charge in [-0.25, -0.2) is 0 Å². The molecule has 0 fully saturated rings. The smallest absolute Gasteiger partial charge is 0.199 e. The number of ketones is 1. The molecule has 7 heteroatoms. The Bertz CT molecular complexity index is 1180. The second-order valence-corrected chi connectivity index (χ2v) is 7.84. The number of phenolic OH excluding ortho intramolecular Hbond substituents is 2. The van der Waals surface area contributed by atoms with Gasteiger partial charge in [0.1, 0.15) is 29.5 Å². The molecule has 0 radical (unpaired) electrons. The maximum atomic E-state index is 13.7. The van der Waals surface area contributed by atoms with E-state index < -0.39 is 0 Å². The molecule has 0 saturated heterocycles. The van der Waals surface area contributed by atoms with Crippen molar-refractivity contribution in [3.05, 3.63) is 83.9 Å². The molecule has 4 rings (SSSR count). The van der Waals surface area contributed by atoms with Crippen LogP contribution in [0.2, 0.25) is 0 Å². The number of hydrogen-bond acceptors (Lipinski definition) is 7. The van der Waals surface area contributed by atoms with Crippen LogP contribution in [0.25, 0.3) is 22.6 Å². The van der Waals surface area contributed by atoms with Crippen molar-refractivity contribution >= 4 is 5.78 Å². The highest BCUT2D eigenvalue weighted by atomic mass is 16.5. The van der Waals surface area contributed by atoms with Gasteiger partial charge in [0.15, 0.2) is 11.5 Å². The number of nitrogens with zero attached hydrogens (tertiary/aromatic N) is 2. The number of hydrogen-bond donors (Lipinski definition) is 2. The van der Waals surface area contributed by atoms with Crippen molar-refractivity contribution in [2.24, 2.45) is 0 Å². The van der Waals surface area contributed by atoms with Crippen molar-refractivity contribution in [2.75, 3.05) is 27.2 Å². The van der Waals surface area contributed by atoms with Gasteiger partial charge in [-0.15, -0.1) is 0 Å². The van der Waals surface area contributed by atoms with Gasteiger partial charge in [0, 0.05) is 23.2 Å². The molecule has 0 aliphatic heterocycles. The average Bonchev–Trinajstić information content (AvgIpc) is 3.24. The van der Waals surface area contributed by atoms with E-state index >= 15 is 0 Å². The summed E-state index contributed by atoms with van der Waals surface area (Å²) in [6.45, 7) is 1.25. The van der Waals surface area contributed by atoms with Crippen LogP contribution in [0.1, 0.15) is 15.9 Å². The molecule has 0 atom stereocenters. The highest BCUT2D eigenvalue weighted by molar-refractivity contribution is 6.15. The summed E-state index contributed by atoms with van der Waals surface area (Å²) in [6.07, 6.45) is 0. The van der Waals surface area contributed by atoms with Crippen LogP contribution in [0.15, 0.2) is 77.3 Å². The topological polar surface area (TPSA) is 96.0 Å². The van der Waals surface area contributed by atoms with Crippen molar-refractivity contribution in [1.82, 2.24) is 10.1 Å². The van der Waals surface area contributed by atoms with Crippen molar-refractivity contribution < 1.29 is 24.3 Å². The van der Waals surface area contributed by atoms with Crippen LogP contribution in [-0.2, 0) is 0 Å². The molecule has 0 unspecified atom stereocenters. The number of benzene rings is 3. The van der Waals surface area contributed by atoms with Gasteiger partial charge < -0.3 is 24.4 Å². The number of ether oxygens (including phenoxy) is 1. The summed E-state index contributed by atoms with van der Waals surface area (Å²) in [7, 11) is 3.93. The first-order valence-electron chi connectivity index (χ1n) is 10.4. The molecule has 0 saturated carbocycles. The van der Waals surface area contributed by atoms with Crippen molar-refractivity contribution in [2.45, 2.75) is 0 Å². The summed E-state index contributed by atoms with van der Waals surface area (Å²) in [4.78, 5) is 15.7. The van der Waals surface area contributed by atoms with E-state index in [1.54, 1.807) is 42.5 Å². The zero-order chi connectivity index (χ0) is 23.4. The molecule has 0 aliphatic rings. The lowest BCUT2D eigenvalue weighted by atomic mass is 9.95. The summed E-state index contributed by atoms with van der Waals surface area (Å²) in [5, 5.41) is 23.5. The van der Waals surface area contributed by atoms with Gasteiger partial charge in [-0.2, -0.15) is 0 Å². The highest BCUT2D eigenvalue weighted by Gasteiger charge is 2.26. The molecule has 0 aliphatic carbocycles. The minimum Gasteiger partial charge on any atom is -0.508 e. The lowest BCUT2D eigenvalue weighted by molar-refractivity contribution is 0.103. The van der Waals surface area contributed by atoms with Crippen LogP contribution in [0.3, 0.4) is 0 Å². The molecule has 4 aromatic rings. The Kier molecular flexibility index (Phi) is 6.42. The van der Waals surface area contributed by atoms with Gasteiger partial charge in [-0.3, -0.25) is 4.79 Å². The fourth-order valence-corrected chi connectivity index (χ4v) is 3.34. The standard InChI is InChI=1S/C26H24N2O5/c1-28(2)14-15-32-22-5-3-4-19(16-22)25(31)23-24(17-6-10-20(29)11-7-17)27-33-26(23)18-8-12-21(30)13-9-18/h3-13,16,29-30H,14-15H2,1-2H3. The molecule has 7 nitrogen and oxygen atoms in total. The maximum Gasteiger partial charge on any atom is 0.199 e. The zero-order valence-electron chi connectivity index (χ0n) is 18.4. The number of phenols is 2. The van der Waals surface area contributed by atoms with Crippen LogP contribution < -0.4 is 4.74 Å². The monoisotopic (exact) mass is 444 g/mol. The third kappa shape index (κ3) is 5.05. The molecule has 1 heterocycles. The Morgan fingerprint density at radius 1 is 0.939 bits per heavy atom. The van der Waals surface area contributed by atoms with E-state index in [1.807, 2.05) is 25.1 Å². The molecule has 2 N–H and O–H groups in total.